The van der Waals surface area contributed by atoms with Crippen LogP contribution in [0, 0.1) is 0 Å². The smallest absolute Gasteiger partial charge is 0.261 e. The number of carbonyl (C=O) groups excluding carboxylic acids is 6. The number of hydrogen-bond acceptors (Lipinski definition) is 12. The largest absolute Gasteiger partial charge is 0.490 e. The number of unbranched alkanes of at least 4 members (excludes halogenated alkanes) is 56. The molecule has 0 saturated heterocycles. The molecule has 0 spiro atoms. The Bertz CT molecular complexity index is 3140. The monoisotopic (exact) mass is 1720 g/mol. The van der Waals surface area contributed by atoms with Gasteiger partial charge in [-0.3, -0.25) is 38.6 Å². The van der Waals surface area contributed by atoms with Crippen LogP contribution in [0.4, 0.5) is 0 Å². The van der Waals surface area contributed by atoms with E-state index < -0.39 is 23.6 Å². The van der Waals surface area contributed by atoms with E-state index in [-0.39, 0.29) is 47.2 Å². The zero-order valence-electron chi connectivity index (χ0n) is 79.7. The van der Waals surface area contributed by atoms with Crippen molar-refractivity contribution in [1.82, 2.24) is 20.4 Å². The van der Waals surface area contributed by atoms with Crippen molar-refractivity contribution in [2.45, 2.75) is 452 Å². The second-order valence-corrected chi connectivity index (χ2v) is 36.3. The maximum atomic E-state index is 14.5. The molecule has 0 aliphatic carbocycles. The molecule has 2 aliphatic heterocycles. The molecule has 4 aromatic rings. The molecule has 0 unspecified atom stereocenters. The molecule has 0 aromatic heterocycles. The van der Waals surface area contributed by atoms with Crippen LogP contribution in [0.25, 0.3) is 10.8 Å². The fourth-order valence-corrected chi connectivity index (χ4v) is 17.5. The molecular weight excluding hydrogens is 1550 g/mol. The minimum Gasteiger partial charge on any atom is -0.490 e. The van der Waals surface area contributed by atoms with Gasteiger partial charge in [0.25, 0.3) is 35.4 Å². The van der Waals surface area contributed by atoms with Crippen molar-refractivity contribution in [3.8, 4) is 34.5 Å². The van der Waals surface area contributed by atoms with E-state index in [9.17, 15) is 28.8 Å². The molecule has 16 heteroatoms. The molecule has 0 bridgehead atoms. The Labute approximate surface area is 754 Å². The Morgan fingerprint density at radius 1 is 0.234 bits per heavy atom. The van der Waals surface area contributed by atoms with Crippen LogP contribution in [0.15, 0.2) is 48.5 Å². The summed E-state index contributed by atoms with van der Waals surface area (Å²) in [6.07, 6.45) is 75.0. The lowest BCUT2D eigenvalue weighted by Gasteiger charge is -2.32. The number of amides is 6. The molecule has 0 radical (unpaired) electrons. The van der Waals surface area contributed by atoms with Gasteiger partial charge in [-0.25, -0.2) is 0 Å². The van der Waals surface area contributed by atoms with E-state index in [1.54, 1.807) is 48.5 Å². The number of nitrogens with one attached hydrogen (secondary N) is 2. The van der Waals surface area contributed by atoms with Gasteiger partial charge in [0.1, 0.15) is 0 Å². The van der Waals surface area contributed by atoms with Gasteiger partial charge in [-0.05, 0) is 113 Å². The molecule has 6 rings (SSSR count). The molecule has 0 fully saturated rings. The van der Waals surface area contributed by atoms with Crippen molar-refractivity contribution in [1.29, 1.82) is 0 Å². The van der Waals surface area contributed by atoms with E-state index in [1.165, 1.54) is 318 Å². The van der Waals surface area contributed by atoms with Crippen molar-refractivity contribution in [3.05, 3.63) is 81.9 Å². The molecule has 4 aromatic carbocycles. The number of ether oxygens (including phenoxy) is 6. The van der Waals surface area contributed by atoms with Crippen LogP contribution in [-0.4, -0.2) is 111 Å². The molecule has 124 heavy (non-hydrogen) atoms. The topological polar surface area (TPSA) is 188 Å². The normalized spacial score (nSPS) is 12.5. The van der Waals surface area contributed by atoms with Crippen molar-refractivity contribution in [3.63, 3.8) is 0 Å². The number of carbonyl (C=O) groups is 6. The third-order valence-corrected chi connectivity index (χ3v) is 25.3. The standard InChI is InChI=1S/C108H176N4O12/c1-7-13-19-25-31-37-43-49-55-65-79-119-95-85-89(86-96(120-80-66-56-50-44-38-32-26-20-14-8-2)101(95)123-83-69-59-53-47-41-35-29-23-17-11-5)103(113)109-75-61-63-77-111-105(115)91-71-73-93-100-94(74-72-92(99(91)100)106(111)116)108(118)112(107(93)117)78-64-62-76-110-104(114)90-87-97(121-81-67-57-51-45-39-33-27-21-15-9-3)102(124-84-70-60-54-48-42-36-30-24-18-12-6)98(88-90)122-82-68-58-52-46-40-34-28-22-16-10-4/h71-74,85-88H,7-70,75-84H2,1-6H3,(H,109,113)(H,110,114). The minimum absolute atomic E-state index is 0.105. The van der Waals surface area contributed by atoms with E-state index >= 15 is 0 Å². The Morgan fingerprint density at radius 2 is 0.411 bits per heavy atom. The second kappa shape index (κ2) is 69.2. The molecule has 2 N–H and O–H groups in total. The SMILES string of the molecule is CCCCCCCCCCCCOc1cc(C(=O)NCCCCN2C(=O)c3ccc4c5c(ccc(c35)C2=O)C(=O)N(CCCCNC(=O)c2cc(OCCCCCCCCCCCC)c(OCCCCCCCCCCCC)c(OCCCCCCCCCCCC)c2)C4=O)cc(OCCCCCCCCCCCC)c1OCCCCCCCCCCCC. The Balaban J connectivity index is 1.06. The van der Waals surface area contributed by atoms with Gasteiger partial charge in [0, 0.05) is 70.3 Å². The lowest BCUT2D eigenvalue weighted by atomic mass is 9.86. The Morgan fingerprint density at radius 3 is 0.605 bits per heavy atom. The van der Waals surface area contributed by atoms with Crippen LogP contribution in [-0.2, 0) is 0 Å². The predicted octanol–water partition coefficient (Wildman–Crippen LogP) is 30.3. The Hall–Kier alpha value is -6.84. The van der Waals surface area contributed by atoms with Crippen LogP contribution in [0.5, 0.6) is 34.5 Å². The van der Waals surface area contributed by atoms with Crippen molar-refractivity contribution >= 4 is 46.2 Å². The maximum Gasteiger partial charge on any atom is 0.261 e. The third-order valence-electron chi connectivity index (χ3n) is 25.3. The lowest BCUT2D eigenvalue weighted by Crippen LogP contribution is -2.44. The molecule has 2 heterocycles. The van der Waals surface area contributed by atoms with Gasteiger partial charge in [0.2, 0.25) is 11.5 Å². The van der Waals surface area contributed by atoms with Gasteiger partial charge in [0.05, 0.1) is 39.6 Å². The van der Waals surface area contributed by atoms with Crippen molar-refractivity contribution < 1.29 is 57.2 Å². The third kappa shape index (κ3) is 41.9. The first kappa shape index (κ1) is 106. The van der Waals surface area contributed by atoms with Crippen molar-refractivity contribution in [2.75, 3.05) is 65.8 Å². The fourth-order valence-electron chi connectivity index (χ4n) is 17.5. The van der Waals surface area contributed by atoms with E-state index in [2.05, 4.69) is 52.2 Å². The first-order valence-electron chi connectivity index (χ1n) is 52.0. The van der Waals surface area contributed by atoms with Gasteiger partial charge < -0.3 is 39.1 Å². The number of benzene rings is 4. The fraction of sp³-hybridized carbons (Fsp3) is 0.741. The van der Waals surface area contributed by atoms with E-state index in [4.69, 9.17) is 28.4 Å². The molecule has 0 atom stereocenters. The highest BCUT2D eigenvalue weighted by Gasteiger charge is 2.40. The van der Waals surface area contributed by atoms with Gasteiger partial charge in [-0.15, -0.1) is 0 Å². The van der Waals surface area contributed by atoms with Crippen molar-refractivity contribution in [2.24, 2.45) is 0 Å². The van der Waals surface area contributed by atoms with Gasteiger partial charge in [0.15, 0.2) is 23.0 Å². The summed E-state index contributed by atoms with van der Waals surface area (Å²) in [6.45, 7) is 17.5. The van der Waals surface area contributed by atoms with Crippen LogP contribution >= 0.6 is 0 Å². The molecule has 2 aliphatic rings. The lowest BCUT2D eigenvalue weighted by molar-refractivity contribution is 0.0586. The van der Waals surface area contributed by atoms with E-state index in [1.807, 2.05) is 0 Å². The zero-order chi connectivity index (χ0) is 88.3. The number of nitrogens with zero attached hydrogens (tertiary/aromatic N) is 2. The van der Waals surface area contributed by atoms with Crippen LogP contribution < -0.4 is 39.1 Å². The summed E-state index contributed by atoms with van der Waals surface area (Å²) in [5, 5.41) is 6.88. The average molecular weight is 1720 g/mol. The molecule has 16 nitrogen and oxygen atoms in total. The van der Waals surface area contributed by atoms with Gasteiger partial charge in [-0.2, -0.15) is 0 Å². The molecule has 700 valence electrons. The van der Waals surface area contributed by atoms with E-state index in [0.717, 1.165) is 77.0 Å². The summed E-state index contributed by atoms with van der Waals surface area (Å²) in [5.74, 6) is 0.709. The predicted molar refractivity (Wildman–Crippen MR) is 515 cm³/mol. The van der Waals surface area contributed by atoms with Gasteiger partial charge in [-0.1, -0.05) is 388 Å². The average Bonchev–Trinajstić information content (AvgIpc) is 0.712. The quantitative estimate of drug-likeness (QED) is 0.0315. The number of hydrogen-bond donors (Lipinski definition) is 2. The number of rotatable bonds is 84. The summed E-state index contributed by atoms with van der Waals surface area (Å²) < 4.78 is 39.7. The highest BCUT2D eigenvalue weighted by molar-refractivity contribution is 6.33. The molecule has 0 saturated carbocycles. The highest BCUT2D eigenvalue weighted by Crippen LogP contribution is 2.43. The second-order valence-electron chi connectivity index (χ2n) is 36.3. The maximum absolute atomic E-state index is 14.5. The molecule has 6 amide bonds. The number of imide groups is 2. The van der Waals surface area contributed by atoms with Crippen LogP contribution in [0.1, 0.15) is 515 Å². The first-order valence-corrected chi connectivity index (χ1v) is 52.0. The minimum atomic E-state index is -0.495. The summed E-state index contributed by atoms with van der Waals surface area (Å²) in [7, 11) is 0. The van der Waals surface area contributed by atoms with E-state index in [0.29, 0.717) is 135 Å². The summed E-state index contributed by atoms with van der Waals surface area (Å²) >= 11 is 0. The first-order chi connectivity index (χ1) is 61.0. The van der Waals surface area contributed by atoms with Crippen LogP contribution in [0.3, 0.4) is 0 Å². The summed E-state index contributed by atoms with van der Waals surface area (Å²) in [4.78, 5) is 89.1. The zero-order valence-corrected chi connectivity index (χ0v) is 79.7. The molecular formula is C108H176N4O12. The van der Waals surface area contributed by atoms with Gasteiger partial charge >= 0.3 is 0 Å². The van der Waals surface area contributed by atoms with Crippen LogP contribution in [0.2, 0.25) is 0 Å². The summed E-state index contributed by atoms with van der Waals surface area (Å²) in [5.41, 5.74) is 1.87. The highest BCUT2D eigenvalue weighted by atomic mass is 16.5. The Kier molecular flexibility index (Phi) is 59.2. The summed E-state index contributed by atoms with van der Waals surface area (Å²) in [6, 6.07) is 13.6.